The minimum atomic E-state index is -2.23. The maximum absolute atomic E-state index is 13.5. The molecule has 1 aromatic carbocycles. The highest BCUT2D eigenvalue weighted by molar-refractivity contribution is 6.66. The molecule has 0 saturated heterocycles. The van der Waals surface area contributed by atoms with Crippen LogP contribution in [0.15, 0.2) is 6.07 Å². The number of aryl methyl sites for hydroxylation is 1. The second-order valence-electron chi connectivity index (χ2n) is 5.17. The first kappa shape index (κ1) is 19.1. The first-order chi connectivity index (χ1) is 10.3. The van der Waals surface area contributed by atoms with Gasteiger partial charge in [0.05, 0.1) is 0 Å². The van der Waals surface area contributed by atoms with Crippen LogP contribution in [0.5, 0.6) is 0 Å². The van der Waals surface area contributed by atoms with E-state index in [9.17, 15) is 17.6 Å². The molecular weight excluding hydrogens is 316 g/mol. The van der Waals surface area contributed by atoms with Crippen LogP contribution in [0.2, 0.25) is 12.6 Å². The molecule has 0 aliphatic heterocycles. The summed E-state index contributed by atoms with van der Waals surface area (Å²) in [5.41, 5.74) is -0.146. The Kier molecular flexibility index (Phi) is 7.51. The summed E-state index contributed by atoms with van der Waals surface area (Å²) in [5.74, 6) is -6.20. The quantitative estimate of drug-likeness (QED) is 0.213. The summed E-state index contributed by atoms with van der Waals surface area (Å²) in [4.78, 5) is 0. The number of benzene rings is 1. The fourth-order valence-electron chi connectivity index (χ4n) is 2.36. The predicted octanol–water partition coefficient (Wildman–Crippen LogP) is 4.71. The molecule has 0 radical (unpaired) electrons. The van der Waals surface area contributed by atoms with Crippen LogP contribution < -0.4 is 0 Å². The Morgan fingerprint density at radius 2 is 1.50 bits per heavy atom. The van der Waals surface area contributed by atoms with Gasteiger partial charge in [-0.3, -0.25) is 0 Å². The third-order valence-electron chi connectivity index (χ3n) is 3.40. The smallest absolute Gasteiger partial charge is 0.334 e. The van der Waals surface area contributed by atoms with Gasteiger partial charge in [-0.1, -0.05) is 6.42 Å². The van der Waals surface area contributed by atoms with Crippen LogP contribution >= 0.6 is 0 Å². The van der Waals surface area contributed by atoms with Gasteiger partial charge in [0, 0.05) is 13.2 Å². The Bertz CT molecular complexity index is 491. The van der Waals surface area contributed by atoms with Crippen molar-refractivity contribution in [1.82, 2.24) is 0 Å². The molecule has 0 fully saturated rings. The van der Waals surface area contributed by atoms with Crippen molar-refractivity contribution in [2.45, 2.75) is 45.7 Å². The summed E-state index contributed by atoms with van der Waals surface area (Å²) in [6.45, 7) is 6.86. The van der Waals surface area contributed by atoms with E-state index >= 15 is 0 Å². The van der Waals surface area contributed by atoms with Crippen LogP contribution in [-0.4, -0.2) is 21.8 Å². The monoisotopic (exact) mass is 338 g/mol. The maximum Gasteiger partial charge on any atom is 0.334 e. The lowest BCUT2D eigenvalue weighted by Gasteiger charge is -2.25. The summed E-state index contributed by atoms with van der Waals surface area (Å²) < 4.78 is 64.0. The number of halogens is 4. The summed E-state index contributed by atoms with van der Waals surface area (Å²) in [5, 5.41) is 0. The van der Waals surface area contributed by atoms with Gasteiger partial charge in [-0.25, -0.2) is 17.6 Å². The van der Waals surface area contributed by atoms with Crippen LogP contribution in [0.25, 0.3) is 0 Å². The van der Waals surface area contributed by atoms with E-state index in [0.29, 0.717) is 32.1 Å². The highest BCUT2D eigenvalue weighted by Gasteiger charge is 2.29. The van der Waals surface area contributed by atoms with Crippen LogP contribution in [0.3, 0.4) is 0 Å². The van der Waals surface area contributed by atoms with E-state index in [-0.39, 0.29) is 12.0 Å². The van der Waals surface area contributed by atoms with Gasteiger partial charge in [-0.05, 0) is 50.9 Å². The average molecular weight is 338 g/mol. The van der Waals surface area contributed by atoms with Crippen molar-refractivity contribution in [3.8, 4) is 0 Å². The van der Waals surface area contributed by atoms with Crippen molar-refractivity contribution in [1.29, 1.82) is 0 Å². The van der Waals surface area contributed by atoms with E-state index in [0.717, 1.165) is 6.07 Å². The van der Waals surface area contributed by atoms with Crippen molar-refractivity contribution in [3.63, 3.8) is 0 Å². The Labute approximate surface area is 129 Å². The molecule has 0 atom stereocenters. The molecule has 0 aliphatic rings. The molecule has 1 aromatic rings. The van der Waals surface area contributed by atoms with E-state index in [2.05, 4.69) is 0 Å². The fourth-order valence-corrected chi connectivity index (χ4v) is 4.85. The zero-order valence-corrected chi connectivity index (χ0v) is 14.1. The summed E-state index contributed by atoms with van der Waals surface area (Å²) >= 11 is 0. The molecule has 0 aromatic heterocycles. The largest absolute Gasteiger partial charge is 0.395 e. The first-order valence-electron chi connectivity index (χ1n) is 7.44. The van der Waals surface area contributed by atoms with E-state index in [4.69, 9.17) is 8.85 Å². The van der Waals surface area contributed by atoms with Gasteiger partial charge in [0.15, 0.2) is 23.3 Å². The van der Waals surface area contributed by atoms with E-state index in [1.807, 2.05) is 20.4 Å². The molecule has 0 spiro atoms. The Hall–Kier alpha value is -0.923. The van der Waals surface area contributed by atoms with E-state index in [1.165, 1.54) is 0 Å². The Morgan fingerprint density at radius 1 is 0.909 bits per heavy atom. The zero-order valence-electron chi connectivity index (χ0n) is 13.1. The molecule has 0 amide bonds. The van der Waals surface area contributed by atoms with Crippen LogP contribution in [0.1, 0.15) is 32.3 Å². The van der Waals surface area contributed by atoms with Crippen molar-refractivity contribution in [3.05, 3.63) is 34.9 Å². The minimum Gasteiger partial charge on any atom is -0.395 e. The SMILES string of the molecule is CCO[Si](C)(CCCCc1cc(F)c(F)c(F)c1F)OCC. The molecule has 0 heterocycles. The summed E-state index contributed by atoms with van der Waals surface area (Å²) in [7, 11) is -2.23. The molecule has 0 bridgehead atoms. The van der Waals surface area contributed by atoms with Crippen molar-refractivity contribution >= 4 is 8.56 Å². The second-order valence-corrected chi connectivity index (χ2v) is 8.51. The van der Waals surface area contributed by atoms with Gasteiger partial charge >= 0.3 is 8.56 Å². The summed E-state index contributed by atoms with van der Waals surface area (Å²) in [6.07, 6.45) is 1.34. The van der Waals surface area contributed by atoms with Crippen molar-refractivity contribution in [2.24, 2.45) is 0 Å². The van der Waals surface area contributed by atoms with Crippen molar-refractivity contribution in [2.75, 3.05) is 13.2 Å². The number of hydrogen-bond acceptors (Lipinski definition) is 2. The molecule has 1 rings (SSSR count). The third-order valence-corrected chi connectivity index (χ3v) is 6.46. The lowest BCUT2D eigenvalue weighted by Crippen LogP contribution is -2.38. The third kappa shape index (κ3) is 5.07. The molecule has 7 heteroatoms. The predicted molar refractivity (Wildman–Crippen MR) is 78.9 cm³/mol. The standard InChI is InChI=1S/C15H22F4O2Si/c1-4-20-22(3,21-5-2)9-7-6-8-11-10-12(16)14(18)15(19)13(11)17/h10H,4-9H2,1-3H3. The normalized spacial score (nSPS) is 12.0. The molecular formula is C15H22F4O2Si. The fraction of sp³-hybridized carbons (Fsp3) is 0.600. The van der Waals surface area contributed by atoms with E-state index < -0.39 is 31.8 Å². The molecule has 2 nitrogen and oxygen atoms in total. The maximum atomic E-state index is 13.5. The second kappa shape index (κ2) is 8.64. The number of rotatable bonds is 9. The molecule has 0 N–H and O–H groups in total. The lowest BCUT2D eigenvalue weighted by atomic mass is 10.1. The highest BCUT2D eigenvalue weighted by atomic mass is 28.4. The van der Waals surface area contributed by atoms with Gasteiger partial charge in [-0.15, -0.1) is 0 Å². The van der Waals surface area contributed by atoms with Crippen LogP contribution in [-0.2, 0) is 15.3 Å². The van der Waals surface area contributed by atoms with Crippen LogP contribution in [0, 0.1) is 23.3 Å². The molecule has 0 saturated carbocycles. The summed E-state index contributed by atoms with van der Waals surface area (Å²) in [6, 6.07) is 1.43. The van der Waals surface area contributed by atoms with E-state index in [1.54, 1.807) is 0 Å². The number of unbranched alkanes of at least 4 members (excludes halogenated alkanes) is 1. The minimum absolute atomic E-state index is 0.142. The zero-order chi connectivity index (χ0) is 16.8. The topological polar surface area (TPSA) is 18.5 Å². The lowest BCUT2D eigenvalue weighted by molar-refractivity contribution is 0.188. The molecule has 0 aliphatic carbocycles. The Balaban J connectivity index is 2.58. The van der Waals surface area contributed by atoms with Gasteiger partial charge < -0.3 is 8.85 Å². The van der Waals surface area contributed by atoms with Gasteiger partial charge in [0.1, 0.15) is 0 Å². The molecule has 22 heavy (non-hydrogen) atoms. The van der Waals surface area contributed by atoms with Crippen LogP contribution in [0.4, 0.5) is 17.6 Å². The first-order valence-corrected chi connectivity index (χ1v) is 9.96. The average Bonchev–Trinajstić information content (AvgIpc) is 2.47. The Morgan fingerprint density at radius 3 is 2.05 bits per heavy atom. The van der Waals surface area contributed by atoms with Crippen molar-refractivity contribution < 1.29 is 26.4 Å². The van der Waals surface area contributed by atoms with Gasteiger partial charge in [-0.2, -0.15) is 0 Å². The van der Waals surface area contributed by atoms with Gasteiger partial charge in [0.2, 0.25) is 0 Å². The van der Waals surface area contributed by atoms with Gasteiger partial charge in [0.25, 0.3) is 0 Å². The molecule has 126 valence electrons. The number of hydrogen-bond donors (Lipinski definition) is 0. The highest BCUT2D eigenvalue weighted by Crippen LogP contribution is 2.22. The molecule has 0 unspecified atom stereocenters.